The molecule has 0 radical (unpaired) electrons. The van der Waals surface area contributed by atoms with Gasteiger partial charge in [-0.25, -0.2) is 0 Å². The minimum Gasteiger partial charge on any atom is -0.508 e. The van der Waals surface area contributed by atoms with Crippen LogP contribution in [-0.4, -0.2) is 10.2 Å². The molecule has 2 aromatic carbocycles. The Morgan fingerprint density at radius 3 is 2.53 bits per heavy atom. The molecule has 0 saturated carbocycles. The number of phenolic OH excluding ortho intramolecular Hbond substituents is 2. The third-order valence-corrected chi connectivity index (χ3v) is 3.55. The largest absolute Gasteiger partial charge is 0.508 e. The Morgan fingerprint density at radius 1 is 1.11 bits per heavy atom. The summed E-state index contributed by atoms with van der Waals surface area (Å²) in [4.78, 5) is 0. The van der Waals surface area contributed by atoms with E-state index in [-0.39, 0.29) is 17.5 Å². The Labute approximate surface area is 121 Å². The number of aryl methyl sites for hydroxylation is 1. The van der Waals surface area contributed by atoms with Crippen LogP contribution in [0.15, 0.2) is 40.9 Å². The van der Waals surface area contributed by atoms with Crippen molar-refractivity contribution in [3.8, 4) is 11.5 Å². The molecular formula is C15H16BrNO2. The minimum atomic E-state index is -0.0615. The molecule has 0 aromatic heterocycles. The van der Waals surface area contributed by atoms with Crippen molar-refractivity contribution < 1.29 is 10.2 Å². The predicted octanol–water partition coefficient (Wildman–Crippen LogP) is 4.34. The second-order valence-electron chi connectivity index (χ2n) is 4.57. The van der Waals surface area contributed by atoms with Crippen LogP contribution < -0.4 is 5.32 Å². The number of nitrogens with one attached hydrogen (secondary N) is 1. The quantitative estimate of drug-likeness (QED) is 0.788. The number of hydrogen-bond acceptors (Lipinski definition) is 3. The molecular weight excluding hydrogens is 306 g/mol. The molecule has 3 N–H and O–H groups in total. The van der Waals surface area contributed by atoms with E-state index in [0.29, 0.717) is 0 Å². The fourth-order valence-corrected chi connectivity index (χ4v) is 2.32. The molecule has 0 aliphatic rings. The summed E-state index contributed by atoms with van der Waals surface area (Å²) in [7, 11) is 0. The van der Waals surface area contributed by atoms with E-state index in [1.165, 1.54) is 6.07 Å². The highest BCUT2D eigenvalue weighted by Crippen LogP contribution is 2.31. The van der Waals surface area contributed by atoms with E-state index < -0.39 is 0 Å². The molecule has 2 rings (SSSR count). The van der Waals surface area contributed by atoms with Gasteiger partial charge >= 0.3 is 0 Å². The fourth-order valence-electron chi connectivity index (χ4n) is 1.96. The van der Waals surface area contributed by atoms with Crippen LogP contribution in [0, 0.1) is 6.92 Å². The van der Waals surface area contributed by atoms with Gasteiger partial charge in [-0.2, -0.15) is 0 Å². The molecule has 2 aromatic rings. The molecule has 0 fully saturated rings. The Morgan fingerprint density at radius 2 is 1.84 bits per heavy atom. The lowest BCUT2D eigenvalue weighted by Gasteiger charge is -2.18. The SMILES string of the molecule is Cc1ccc(Br)cc1NC(C)c1ccc(O)cc1O. The number of hydrogen-bond donors (Lipinski definition) is 3. The van der Waals surface area contributed by atoms with Crippen LogP contribution >= 0.6 is 15.9 Å². The van der Waals surface area contributed by atoms with Gasteiger partial charge in [-0.05, 0) is 43.7 Å². The van der Waals surface area contributed by atoms with Crippen molar-refractivity contribution in [2.24, 2.45) is 0 Å². The molecule has 0 spiro atoms. The molecule has 3 nitrogen and oxygen atoms in total. The first kappa shape index (κ1) is 13.7. The number of anilines is 1. The van der Waals surface area contributed by atoms with Gasteiger partial charge in [0.25, 0.3) is 0 Å². The molecule has 1 atom stereocenters. The highest BCUT2D eigenvalue weighted by molar-refractivity contribution is 9.10. The normalized spacial score (nSPS) is 12.2. The molecule has 19 heavy (non-hydrogen) atoms. The van der Waals surface area contributed by atoms with E-state index in [2.05, 4.69) is 21.2 Å². The first-order chi connectivity index (χ1) is 8.97. The molecule has 0 aliphatic carbocycles. The van der Waals surface area contributed by atoms with Gasteiger partial charge in [0.1, 0.15) is 11.5 Å². The van der Waals surface area contributed by atoms with Crippen molar-refractivity contribution in [2.75, 3.05) is 5.32 Å². The van der Waals surface area contributed by atoms with Crippen molar-refractivity contribution >= 4 is 21.6 Å². The number of rotatable bonds is 3. The van der Waals surface area contributed by atoms with Gasteiger partial charge in [-0.3, -0.25) is 0 Å². The topological polar surface area (TPSA) is 52.5 Å². The van der Waals surface area contributed by atoms with E-state index >= 15 is 0 Å². The van der Waals surface area contributed by atoms with Crippen molar-refractivity contribution in [1.29, 1.82) is 0 Å². The van der Waals surface area contributed by atoms with Gasteiger partial charge in [0.05, 0.1) is 6.04 Å². The Balaban J connectivity index is 2.25. The van der Waals surface area contributed by atoms with Gasteiger partial charge < -0.3 is 15.5 Å². The first-order valence-electron chi connectivity index (χ1n) is 6.02. The summed E-state index contributed by atoms with van der Waals surface area (Å²) < 4.78 is 1.00. The van der Waals surface area contributed by atoms with Crippen LogP contribution in [0.1, 0.15) is 24.1 Å². The number of aromatic hydroxyl groups is 2. The number of benzene rings is 2. The van der Waals surface area contributed by atoms with Gasteiger partial charge in [0, 0.05) is 21.8 Å². The molecule has 4 heteroatoms. The van der Waals surface area contributed by atoms with Crippen LogP contribution in [0.5, 0.6) is 11.5 Å². The van der Waals surface area contributed by atoms with Crippen LogP contribution in [0.3, 0.4) is 0 Å². The van der Waals surface area contributed by atoms with E-state index in [1.54, 1.807) is 12.1 Å². The van der Waals surface area contributed by atoms with Gasteiger partial charge in [-0.1, -0.05) is 22.0 Å². The first-order valence-corrected chi connectivity index (χ1v) is 6.81. The third kappa shape index (κ3) is 3.20. The Bertz CT molecular complexity index is 599. The molecule has 1 unspecified atom stereocenters. The molecule has 0 heterocycles. The van der Waals surface area contributed by atoms with Crippen molar-refractivity contribution in [2.45, 2.75) is 19.9 Å². The summed E-state index contributed by atoms with van der Waals surface area (Å²) in [6.07, 6.45) is 0. The lowest BCUT2D eigenvalue weighted by molar-refractivity contribution is 0.444. The second-order valence-corrected chi connectivity index (χ2v) is 5.48. The molecule has 0 saturated heterocycles. The average Bonchev–Trinajstić information content (AvgIpc) is 2.33. The van der Waals surface area contributed by atoms with Crippen LogP contribution in [0.25, 0.3) is 0 Å². The van der Waals surface area contributed by atoms with Crippen molar-refractivity contribution in [1.82, 2.24) is 0 Å². The maximum atomic E-state index is 9.85. The molecule has 0 amide bonds. The lowest BCUT2D eigenvalue weighted by atomic mass is 10.1. The zero-order valence-electron chi connectivity index (χ0n) is 10.8. The minimum absolute atomic E-state index is 0.0615. The van der Waals surface area contributed by atoms with Crippen molar-refractivity contribution in [3.05, 3.63) is 52.0 Å². The zero-order valence-corrected chi connectivity index (χ0v) is 12.4. The highest BCUT2D eigenvalue weighted by atomic mass is 79.9. The smallest absolute Gasteiger partial charge is 0.124 e. The summed E-state index contributed by atoms with van der Waals surface area (Å²) >= 11 is 3.44. The maximum absolute atomic E-state index is 9.85. The standard InChI is InChI=1S/C15H16BrNO2/c1-9-3-4-11(16)7-14(9)17-10(2)13-6-5-12(18)8-15(13)19/h3-8,10,17-19H,1-2H3. The van der Waals surface area contributed by atoms with E-state index in [4.69, 9.17) is 0 Å². The summed E-state index contributed by atoms with van der Waals surface area (Å²) in [5.41, 5.74) is 2.89. The summed E-state index contributed by atoms with van der Waals surface area (Å²) in [6, 6.07) is 10.6. The average molecular weight is 322 g/mol. The van der Waals surface area contributed by atoms with Crippen molar-refractivity contribution in [3.63, 3.8) is 0 Å². The van der Waals surface area contributed by atoms with Gasteiger partial charge in [-0.15, -0.1) is 0 Å². The summed E-state index contributed by atoms with van der Waals surface area (Å²) in [6.45, 7) is 3.99. The third-order valence-electron chi connectivity index (χ3n) is 3.05. The Hall–Kier alpha value is -1.68. The van der Waals surface area contributed by atoms with Crippen LogP contribution in [0.4, 0.5) is 5.69 Å². The van der Waals surface area contributed by atoms with Gasteiger partial charge in [0.2, 0.25) is 0 Å². The number of phenols is 2. The molecule has 0 aliphatic heterocycles. The second kappa shape index (κ2) is 5.53. The molecule has 0 bridgehead atoms. The Kier molecular flexibility index (Phi) is 4.00. The fraction of sp³-hybridized carbons (Fsp3) is 0.200. The zero-order chi connectivity index (χ0) is 14.0. The molecule has 100 valence electrons. The van der Waals surface area contributed by atoms with Crippen LogP contribution in [0.2, 0.25) is 0 Å². The van der Waals surface area contributed by atoms with E-state index in [0.717, 1.165) is 21.3 Å². The predicted molar refractivity (Wildman–Crippen MR) is 80.7 cm³/mol. The maximum Gasteiger partial charge on any atom is 0.124 e. The van der Waals surface area contributed by atoms with E-state index in [1.807, 2.05) is 32.0 Å². The van der Waals surface area contributed by atoms with Crippen LogP contribution in [-0.2, 0) is 0 Å². The monoisotopic (exact) mass is 321 g/mol. The van der Waals surface area contributed by atoms with E-state index in [9.17, 15) is 10.2 Å². The number of halogens is 1. The van der Waals surface area contributed by atoms with Gasteiger partial charge in [0.15, 0.2) is 0 Å². The summed E-state index contributed by atoms with van der Waals surface area (Å²) in [5, 5.41) is 22.5. The lowest BCUT2D eigenvalue weighted by Crippen LogP contribution is -2.07. The highest BCUT2D eigenvalue weighted by Gasteiger charge is 2.12. The summed E-state index contributed by atoms with van der Waals surface area (Å²) in [5.74, 6) is 0.153.